The molecule has 134 valence electrons. The first kappa shape index (κ1) is 17.5. The molecule has 0 unspecified atom stereocenters. The fourth-order valence-corrected chi connectivity index (χ4v) is 4.83. The van der Waals surface area contributed by atoms with E-state index in [1.165, 1.54) is 5.56 Å². The Morgan fingerprint density at radius 2 is 2.00 bits per heavy atom. The van der Waals surface area contributed by atoms with E-state index in [1.807, 2.05) is 25.4 Å². The van der Waals surface area contributed by atoms with Crippen molar-refractivity contribution in [2.75, 3.05) is 14.2 Å². The van der Waals surface area contributed by atoms with Crippen molar-refractivity contribution in [2.24, 2.45) is 7.05 Å². The summed E-state index contributed by atoms with van der Waals surface area (Å²) in [7, 11) is 6.83. The Morgan fingerprint density at radius 3 is 2.69 bits per heavy atom. The molecule has 0 aliphatic heterocycles. The van der Waals surface area contributed by atoms with Gasteiger partial charge in [-0.1, -0.05) is 0 Å². The molecule has 0 bridgehead atoms. The molecule has 4 aromatic heterocycles. The van der Waals surface area contributed by atoms with Crippen LogP contribution in [0.5, 0.6) is 11.6 Å². The number of aryl methyl sites for hydroxylation is 2. The predicted molar refractivity (Wildman–Crippen MR) is 114 cm³/mol. The van der Waals surface area contributed by atoms with Crippen LogP contribution in [0, 0.1) is 6.92 Å². The molecule has 0 saturated carbocycles. The maximum atomic E-state index is 5.41. The lowest BCUT2D eigenvalue weighted by Gasteiger charge is -2.08. The van der Waals surface area contributed by atoms with Gasteiger partial charge in [-0.05, 0) is 24.6 Å². The number of fused-ring (bicyclic) bond motifs is 2. The number of ether oxygens (including phenoxy) is 2. The Morgan fingerprint density at radius 1 is 1.19 bits per heavy atom. The van der Waals surface area contributed by atoms with E-state index in [4.69, 9.17) is 14.5 Å². The molecule has 0 N–H and O–H groups in total. The van der Waals surface area contributed by atoms with E-state index in [0.717, 1.165) is 33.3 Å². The van der Waals surface area contributed by atoms with E-state index in [0.29, 0.717) is 11.6 Å². The summed E-state index contributed by atoms with van der Waals surface area (Å²) in [5.74, 6) is 1.10. The van der Waals surface area contributed by atoms with Gasteiger partial charge in [0.1, 0.15) is 5.52 Å². The average Bonchev–Trinajstić information content (AvgIpc) is 3.18. The molecule has 0 saturated heterocycles. The minimum atomic E-state index is 0.478. The SMILES string of the molecule is COc1cc2c(nc1OC)c(-c1cc3c(C)ccnc3n1SI)cn2C. The van der Waals surface area contributed by atoms with Crippen LogP contribution in [0.15, 0.2) is 30.6 Å². The number of aromatic nitrogens is 4. The zero-order valence-corrected chi connectivity index (χ0v) is 17.8. The van der Waals surface area contributed by atoms with Gasteiger partial charge in [0, 0.05) is 66.8 Å². The maximum absolute atomic E-state index is 5.41. The van der Waals surface area contributed by atoms with Crippen molar-refractivity contribution in [2.45, 2.75) is 6.92 Å². The van der Waals surface area contributed by atoms with Gasteiger partial charge in [-0.3, -0.25) is 3.97 Å². The molecule has 6 nitrogen and oxygen atoms in total. The molecule has 26 heavy (non-hydrogen) atoms. The van der Waals surface area contributed by atoms with Crippen LogP contribution in [-0.2, 0) is 7.05 Å². The molecule has 0 radical (unpaired) electrons. The fourth-order valence-electron chi connectivity index (χ4n) is 3.20. The van der Waals surface area contributed by atoms with E-state index in [1.54, 1.807) is 23.3 Å². The van der Waals surface area contributed by atoms with Gasteiger partial charge in [0.25, 0.3) is 5.88 Å². The van der Waals surface area contributed by atoms with Gasteiger partial charge in [0.15, 0.2) is 11.4 Å². The molecule has 0 amide bonds. The third-order valence-electron chi connectivity index (χ3n) is 4.53. The summed E-state index contributed by atoms with van der Waals surface area (Å²) in [5.41, 5.74) is 6.11. The maximum Gasteiger partial charge on any atom is 0.257 e. The normalized spacial score (nSPS) is 11.4. The second-order valence-electron chi connectivity index (χ2n) is 5.98. The Labute approximate surface area is 167 Å². The predicted octanol–water partition coefficient (Wildman–Crippen LogP) is 4.76. The monoisotopic (exact) mass is 480 g/mol. The van der Waals surface area contributed by atoms with E-state index < -0.39 is 0 Å². The Bertz CT molecular complexity index is 1140. The second-order valence-corrected chi connectivity index (χ2v) is 7.66. The molecule has 0 fully saturated rings. The first-order valence-electron chi connectivity index (χ1n) is 7.93. The molecular formula is C18H17IN4O2S. The van der Waals surface area contributed by atoms with Gasteiger partial charge >= 0.3 is 0 Å². The van der Waals surface area contributed by atoms with Gasteiger partial charge in [-0.25, -0.2) is 9.97 Å². The number of rotatable bonds is 4. The van der Waals surface area contributed by atoms with Crippen molar-refractivity contribution >= 4 is 52.4 Å². The topological polar surface area (TPSA) is 54.1 Å². The summed E-state index contributed by atoms with van der Waals surface area (Å²) < 4.78 is 15.0. The molecule has 0 spiro atoms. The lowest BCUT2D eigenvalue weighted by molar-refractivity contribution is 0.344. The average molecular weight is 480 g/mol. The first-order chi connectivity index (χ1) is 12.6. The highest BCUT2D eigenvalue weighted by Gasteiger charge is 2.20. The Kier molecular flexibility index (Phi) is 4.47. The molecule has 0 atom stereocenters. The van der Waals surface area contributed by atoms with Crippen LogP contribution in [-0.4, -0.2) is 32.7 Å². The quantitative estimate of drug-likeness (QED) is 0.395. The summed E-state index contributed by atoms with van der Waals surface area (Å²) in [6.07, 6.45) is 3.93. The van der Waals surface area contributed by atoms with Gasteiger partial charge in [-0.2, -0.15) is 0 Å². The van der Waals surface area contributed by atoms with E-state index >= 15 is 0 Å². The molecule has 4 heterocycles. The van der Waals surface area contributed by atoms with Crippen LogP contribution in [0.1, 0.15) is 5.56 Å². The second kappa shape index (κ2) is 6.66. The zero-order valence-electron chi connectivity index (χ0n) is 14.8. The van der Waals surface area contributed by atoms with Crippen LogP contribution in [0.25, 0.3) is 33.3 Å². The summed E-state index contributed by atoms with van der Waals surface area (Å²) >= 11 is 2.29. The molecule has 0 aliphatic carbocycles. The standard InChI is InChI=1S/C18H17IN4O2S/c1-10-5-6-20-17-11(10)7-13(23(17)26-19)12-9-22(2)14-8-15(24-3)18(25-4)21-16(12)14/h5-9H,1-4H3. The highest BCUT2D eigenvalue weighted by Crippen LogP contribution is 2.40. The van der Waals surface area contributed by atoms with Gasteiger partial charge in [-0.15, -0.1) is 0 Å². The highest BCUT2D eigenvalue weighted by molar-refractivity contribution is 14.2. The van der Waals surface area contributed by atoms with Crippen molar-refractivity contribution < 1.29 is 9.47 Å². The van der Waals surface area contributed by atoms with E-state index in [-0.39, 0.29) is 0 Å². The van der Waals surface area contributed by atoms with Crippen LogP contribution < -0.4 is 9.47 Å². The molecular weight excluding hydrogens is 463 g/mol. The largest absolute Gasteiger partial charge is 0.491 e. The van der Waals surface area contributed by atoms with Crippen molar-refractivity contribution in [1.29, 1.82) is 0 Å². The molecule has 4 rings (SSSR count). The lowest BCUT2D eigenvalue weighted by atomic mass is 10.1. The van der Waals surface area contributed by atoms with E-state index in [2.05, 4.69) is 53.9 Å². The summed E-state index contributed by atoms with van der Waals surface area (Å²) in [5, 5.41) is 1.14. The van der Waals surface area contributed by atoms with Crippen LogP contribution >= 0.6 is 30.3 Å². The summed E-state index contributed by atoms with van der Waals surface area (Å²) in [6, 6.07) is 6.17. The number of halogens is 1. The summed E-state index contributed by atoms with van der Waals surface area (Å²) in [4.78, 5) is 9.29. The van der Waals surface area contributed by atoms with E-state index in [9.17, 15) is 0 Å². The van der Waals surface area contributed by atoms with Gasteiger partial charge in [0.05, 0.1) is 25.4 Å². The van der Waals surface area contributed by atoms with Crippen molar-refractivity contribution in [3.05, 3.63) is 36.2 Å². The molecule has 0 aliphatic rings. The minimum absolute atomic E-state index is 0.478. The zero-order chi connectivity index (χ0) is 18.4. The van der Waals surface area contributed by atoms with Crippen LogP contribution in [0.2, 0.25) is 0 Å². The van der Waals surface area contributed by atoms with Gasteiger partial charge < -0.3 is 14.0 Å². The van der Waals surface area contributed by atoms with Crippen molar-refractivity contribution in [3.8, 4) is 22.9 Å². The summed E-state index contributed by atoms with van der Waals surface area (Å²) in [6.45, 7) is 2.10. The van der Waals surface area contributed by atoms with Crippen molar-refractivity contribution in [3.63, 3.8) is 0 Å². The molecule has 8 heteroatoms. The number of hydrogen-bond donors (Lipinski definition) is 0. The van der Waals surface area contributed by atoms with Crippen LogP contribution in [0.3, 0.4) is 0 Å². The third-order valence-corrected chi connectivity index (χ3v) is 6.22. The van der Waals surface area contributed by atoms with Crippen molar-refractivity contribution in [1.82, 2.24) is 18.5 Å². The smallest absolute Gasteiger partial charge is 0.257 e. The number of nitrogens with zero attached hydrogens (tertiary/aromatic N) is 4. The lowest BCUT2D eigenvalue weighted by Crippen LogP contribution is -1.95. The number of hydrogen-bond acceptors (Lipinski definition) is 5. The first-order valence-corrected chi connectivity index (χ1v) is 11.2. The molecule has 4 aromatic rings. The third kappa shape index (κ3) is 2.54. The Balaban J connectivity index is 2.06. The van der Waals surface area contributed by atoms with Gasteiger partial charge in [0.2, 0.25) is 0 Å². The Hall–Kier alpha value is -1.94. The minimum Gasteiger partial charge on any atom is -0.491 e. The van der Waals surface area contributed by atoms with Crippen LogP contribution in [0.4, 0.5) is 0 Å². The highest BCUT2D eigenvalue weighted by atomic mass is 127. The number of pyridine rings is 2. The fraction of sp³-hybridized carbons (Fsp3) is 0.222. The number of methoxy groups -OCH3 is 2. The molecule has 0 aromatic carbocycles.